The summed E-state index contributed by atoms with van der Waals surface area (Å²) in [5.74, 6) is 0.516. The number of hydrogen-bond donors (Lipinski definition) is 4. The molecule has 4 N–H and O–H groups in total. The first kappa shape index (κ1) is 30.9. The van der Waals surface area contributed by atoms with Gasteiger partial charge < -0.3 is 20.5 Å². The highest BCUT2D eigenvalue weighted by atomic mass is 32.1. The fraction of sp³-hybridized carbons (Fsp3) is 0.300. The third-order valence-corrected chi connectivity index (χ3v) is 6.58. The first-order valence-electron chi connectivity index (χ1n) is 13.4. The number of benzene rings is 3. The fourth-order valence-corrected chi connectivity index (χ4v) is 4.50. The van der Waals surface area contributed by atoms with Crippen LogP contribution in [0.2, 0.25) is 0 Å². The summed E-state index contributed by atoms with van der Waals surface area (Å²) in [5.41, 5.74) is 5.72. The predicted molar refractivity (Wildman–Crippen MR) is 160 cm³/mol. The summed E-state index contributed by atoms with van der Waals surface area (Å²) >= 11 is 5.37. The molecule has 12 heteroatoms. The molecule has 8 nitrogen and oxygen atoms in total. The average Bonchev–Trinajstić information content (AvgIpc) is 3.42. The maximum absolute atomic E-state index is 12.4. The molecule has 4 aromatic rings. The van der Waals surface area contributed by atoms with Gasteiger partial charge in [0, 0.05) is 11.3 Å². The smallest absolute Gasteiger partial charge is 0.406 e. The van der Waals surface area contributed by atoms with E-state index in [1.54, 1.807) is 0 Å². The normalized spacial score (nSPS) is 12.3. The van der Waals surface area contributed by atoms with Gasteiger partial charge in [-0.1, -0.05) is 55.8 Å². The van der Waals surface area contributed by atoms with E-state index in [0.29, 0.717) is 29.1 Å². The van der Waals surface area contributed by atoms with Crippen molar-refractivity contribution in [2.45, 2.75) is 52.2 Å². The molecule has 0 amide bonds. The number of nitrogens with zero attached hydrogens (tertiary/aromatic N) is 3. The zero-order chi connectivity index (χ0) is 30.3. The van der Waals surface area contributed by atoms with Crippen molar-refractivity contribution >= 4 is 23.0 Å². The van der Waals surface area contributed by atoms with E-state index in [2.05, 4.69) is 57.6 Å². The van der Waals surface area contributed by atoms with Gasteiger partial charge in [-0.2, -0.15) is 0 Å². The van der Waals surface area contributed by atoms with Crippen LogP contribution in [0.25, 0.3) is 17.1 Å². The molecule has 1 unspecified atom stereocenters. The van der Waals surface area contributed by atoms with Crippen LogP contribution in [-0.2, 0) is 6.42 Å². The largest absolute Gasteiger partial charge is 0.573 e. The van der Waals surface area contributed by atoms with Gasteiger partial charge in [0.1, 0.15) is 12.1 Å². The summed E-state index contributed by atoms with van der Waals surface area (Å²) in [4.78, 5) is 4.32. The molecule has 222 valence electrons. The number of alkyl halides is 3. The quantitative estimate of drug-likeness (QED) is 0.0942. The van der Waals surface area contributed by atoms with Gasteiger partial charge in [-0.25, -0.2) is 9.67 Å². The maximum atomic E-state index is 12.4. The number of nitrogens with one attached hydrogen (secondary N) is 3. The van der Waals surface area contributed by atoms with E-state index in [9.17, 15) is 18.3 Å². The van der Waals surface area contributed by atoms with Crippen molar-refractivity contribution in [3.63, 3.8) is 0 Å². The number of thiocarbonyl (C=S) groups is 1. The number of anilines is 1. The molecule has 0 radical (unpaired) electrons. The summed E-state index contributed by atoms with van der Waals surface area (Å²) < 4.78 is 42.5. The second-order valence-corrected chi connectivity index (χ2v) is 10.5. The molecule has 0 bridgehead atoms. The number of aryl methyl sites for hydroxylation is 2. The lowest BCUT2D eigenvalue weighted by Crippen LogP contribution is -2.47. The molecule has 0 fully saturated rings. The first-order chi connectivity index (χ1) is 20.0. The molecule has 1 atom stereocenters. The van der Waals surface area contributed by atoms with Crippen molar-refractivity contribution in [1.29, 1.82) is 0 Å². The number of rotatable bonds is 11. The van der Waals surface area contributed by atoms with Crippen molar-refractivity contribution in [3.8, 4) is 22.8 Å². The van der Waals surface area contributed by atoms with Gasteiger partial charge in [-0.15, -0.1) is 18.3 Å². The fourth-order valence-electron chi connectivity index (χ4n) is 4.28. The molecule has 42 heavy (non-hydrogen) atoms. The van der Waals surface area contributed by atoms with Crippen LogP contribution < -0.4 is 20.7 Å². The number of hydrogen-bond acceptors (Lipinski definition) is 6. The number of aliphatic hydroxyl groups excluding tert-OH is 1. The van der Waals surface area contributed by atoms with Crippen LogP contribution in [0, 0.1) is 6.92 Å². The Hall–Kier alpha value is -4.00. The summed E-state index contributed by atoms with van der Waals surface area (Å²) in [6.07, 6.45) is -2.66. The van der Waals surface area contributed by atoms with Crippen LogP contribution in [0.1, 0.15) is 42.9 Å². The average molecular weight is 599 g/mol. The second kappa shape index (κ2) is 13.8. The minimum Gasteiger partial charge on any atom is -0.406 e. The predicted octanol–water partition coefficient (Wildman–Crippen LogP) is 6.05. The van der Waals surface area contributed by atoms with Gasteiger partial charge in [0.25, 0.3) is 0 Å². The Kier molecular flexibility index (Phi) is 10.2. The summed E-state index contributed by atoms with van der Waals surface area (Å²) in [5, 5.41) is 24.1. The monoisotopic (exact) mass is 598 g/mol. The highest BCUT2D eigenvalue weighted by molar-refractivity contribution is 7.80. The van der Waals surface area contributed by atoms with Gasteiger partial charge in [0.15, 0.2) is 17.3 Å². The van der Waals surface area contributed by atoms with Crippen LogP contribution in [0.4, 0.5) is 18.9 Å². The number of halogens is 3. The highest BCUT2D eigenvalue weighted by Gasteiger charge is 2.31. The van der Waals surface area contributed by atoms with E-state index in [1.165, 1.54) is 40.8 Å². The molecule has 3 aromatic carbocycles. The molecule has 0 aliphatic heterocycles. The Morgan fingerprint density at radius 3 is 2.43 bits per heavy atom. The molecule has 0 aliphatic carbocycles. The van der Waals surface area contributed by atoms with Crippen LogP contribution in [0.15, 0.2) is 73.1 Å². The van der Waals surface area contributed by atoms with Crippen molar-refractivity contribution in [2.75, 3.05) is 11.9 Å². The molecule has 1 aromatic heterocycles. The van der Waals surface area contributed by atoms with Gasteiger partial charge in [-0.3, -0.25) is 5.32 Å². The minimum absolute atomic E-state index is 0.304. The van der Waals surface area contributed by atoms with Crippen molar-refractivity contribution in [3.05, 3.63) is 89.7 Å². The van der Waals surface area contributed by atoms with Crippen LogP contribution in [-0.4, -0.2) is 44.2 Å². The Morgan fingerprint density at radius 2 is 1.76 bits per heavy atom. The van der Waals surface area contributed by atoms with E-state index in [0.717, 1.165) is 35.2 Å². The zero-order valence-electron chi connectivity index (χ0n) is 23.4. The van der Waals surface area contributed by atoms with Crippen molar-refractivity contribution < 1.29 is 23.0 Å². The molecule has 1 heterocycles. The highest BCUT2D eigenvalue weighted by Crippen LogP contribution is 2.26. The molecule has 0 saturated carbocycles. The molecule has 0 saturated heterocycles. The molecule has 0 aliphatic rings. The van der Waals surface area contributed by atoms with Crippen LogP contribution in [0.3, 0.4) is 0 Å². The van der Waals surface area contributed by atoms with Crippen LogP contribution in [0.5, 0.6) is 5.75 Å². The molecular weight excluding hydrogens is 565 g/mol. The SMILES string of the molecule is Cc1ccc(NC(=S)NC(O)NCCCc2ccc(-c3ncn(-c4ccc(OC(F)(F)F)cc4)n3)cc2)c(C(C)C)c1. The van der Waals surface area contributed by atoms with E-state index in [4.69, 9.17) is 12.2 Å². The van der Waals surface area contributed by atoms with Gasteiger partial charge >= 0.3 is 6.36 Å². The number of aromatic nitrogens is 3. The first-order valence-corrected chi connectivity index (χ1v) is 13.8. The van der Waals surface area contributed by atoms with E-state index in [1.807, 2.05) is 36.4 Å². The van der Waals surface area contributed by atoms with E-state index >= 15 is 0 Å². The Balaban J connectivity index is 1.21. The third-order valence-electron chi connectivity index (χ3n) is 6.36. The lowest BCUT2D eigenvalue weighted by atomic mass is 9.99. The Morgan fingerprint density at radius 1 is 1.05 bits per heavy atom. The third kappa shape index (κ3) is 9.00. The Labute approximate surface area is 247 Å². The number of ether oxygens (including phenoxy) is 1. The maximum Gasteiger partial charge on any atom is 0.573 e. The van der Waals surface area contributed by atoms with Gasteiger partial charge in [0.2, 0.25) is 0 Å². The van der Waals surface area contributed by atoms with Gasteiger partial charge in [0.05, 0.1) is 5.69 Å². The van der Waals surface area contributed by atoms with Crippen molar-refractivity contribution in [1.82, 2.24) is 25.4 Å². The zero-order valence-corrected chi connectivity index (χ0v) is 24.3. The van der Waals surface area contributed by atoms with Crippen molar-refractivity contribution in [2.24, 2.45) is 0 Å². The topological polar surface area (TPSA) is 96.3 Å². The standard InChI is InChI=1S/C30H33F3N6O2S/c1-19(2)25-17-20(3)6-15-26(25)36-29(42)37-28(40)34-16-4-5-21-7-9-22(10-8-21)27-35-18-39(38-27)23-11-13-24(14-12-23)41-30(31,32)33/h6-15,17-19,28,34,40H,4-5,16H2,1-3H3,(H2,36,37,42). The molecule has 0 spiro atoms. The summed E-state index contributed by atoms with van der Waals surface area (Å²) in [6, 6.07) is 19.3. The molecular formula is C30H33F3N6O2S. The van der Waals surface area contributed by atoms with Crippen LogP contribution >= 0.6 is 12.2 Å². The summed E-state index contributed by atoms with van der Waals surface area (Å²) in [6.45, 7) is 6.86. The lowest BCUT2D eigenvalue weighted by molar-refractivity contribution is -0.274. The summed E-state index contributed by atoms with van der Waals surface area (Å²) in [7, 11) is 0. The van der Waals surface area contributed by atoms with E-state index < -0.39 is 12.7 Å². The molecule has 4 rings (SSSR count). The minimum atomic E-state index is -4.74. The van der Waals surface area contributed by atoms with Gasteiger partial charge in [-0.05, 0) is 85.9 Å². The Bertz CT molecular complexity index is 1470. The number of aliphatic hydroxyl groups is 1. The lowest BCUT2D eigenvalue weighted by Gasteiger charge is -2.20. The second-order valence-electron chi connectivity index (χ2n) is 10.1. The van der Waals surface area contributed by atoms with E-state index in [-0.39, 0.29) is 5.75 Å².